The van der Waals surface area contributed by atoms with E-state index in [9.17, 15) is 18.0 Å². The van der Waals surface area contributed by atoms with Crippen molar-refractivity contribution in [1.82, 2.24) is 10.3 Å². The lowest BCUT2D eigenvalue weighted by atomic mass is 10.5. The summed E-state index contributed by atoms with van der Waals surface area (Å²) in [6, 6.07) is 0. The third kappa shape index (κ3) is 4.60. The number of aromatic carboxylic acids is 1. The minimum atomic E-state index is -3.43. The van der Waals surface area contributed by atoms with E-state index in [0.717, 1.165) is 11.3 Å². The number of carboxylic acid groups (broad SMARTS) is 1. The molecule has 0 atom stereocenters. The van der Waals surface area contributed by atoms with Crippen LogP contribution in [0.15, 0.2) is 5.38 Å². The van der Waals surface area contributed by atoms with Crippen molar-refractivity contribution in [3.63, 3.8) is 0 Å². The Kier molecular flexibility index (Phi) is 5.01. The van der Waals surface area contributed by atoms with Crippen LogP contribution >= 0.6 is 11.3 Å². The first-order chi connectivity index (χ1) is 8.72. The van der Waals surface area contributed by atoms with Gasteiger partial charge in [0, 0.05) is 5.38 Å². The quantitative estimate of drug-likeness (QED) is 0.780. The van der Waals surface area contributed by atoms with Crippen LogP contribution in [0.2, 0.25) is 0 Å². The van der Waals surface area contributed by atoms with Crippen molar-refractivity contribution in [3.8, 4) is 0 Å². The van der Waals surface area contributed by atoms with Gasteiger partial charge in [-0.2, -0.15) is 0 Å². The number of sulfone groups is 1. The summed E-state index contributed by atoms with van der Waals surface area (Å²) in [5.74, 6) is -2.35. The molecule has 0 bridgehead atoms. The monoisotopic (exact) mass is 306 g/mol. The molecule has 0 fully saturated rings. The molecule has 7 nitrogen and oxygen atoms in total. The highest BCUT2D eigenvalue weighted by Gasteiger charge is 2.20. The number of aromatic nitrogens is 1. The largest absolute Gasteiger partial charge is 0.476 e. The van der Waals surface area contributed by atoms with Gasteiger partial charge in [0.2, 0.25) is 5.91 Å². The molecule has 106 valence electrons. The molecule has 0 aromatic carbocycles. The van der Waals surface area contributed by atoms with E-state index in [0.29, 0.717) is 5.01 Å². The molecule has 1 amide bonds. The summed E-state index contributed by atoms with van der Waals surface area (Å²) in [6.07, 6.45) is 0. The van der Waals surface area contributed by atoms with E-state index < -0.39 is 32.7 Å². The van der Waals surface area contributed by atoms with Crippen LogP contribution in [-0.2, 0) is 21.2 Å². The Morgan fingerprint density at radius 1 is 1.47 bits per heavy atom. The summed E-state index contributed by atoms with van der Waals surface area (Å²) in [4.78, 5) is 25.8. The molecule has 0 spiro atoms. The molecule has 2 N–H and O–H groups in total. The van der Waals surface area contributed by atoms with E-state index in [1.54, 1.807) is 0 Å². The zero-order chi connectivity index (χ0) is 14.6. The second-order valence-corrected chi connectivity index (χ2v) is 7.56. The van der Waals surface area contributed by atoms with E-state index in [-0.39, 0.29) is 12.2 Å². The Labute approximate surface area is 114 Å². The van der Waals surface area contributed by atoms with Gasteiger partial charge in [0.05, 0.1) is 11.8 Å². The van der Waals surface area contributed by atoms with Crippen molar-refractivity contribution in [2.45, 2.75) is 25.6 Å². The third-order valence-corrected chi connectivity index (χ3v) is 5.21. The van der Waals surface area contributed by atoms with Crippen LogP contribution in [0.4, 0.5) is 0 Å². The van der Waals surface area contributed by atoms with E-state index in [2.05, 4.69) is 10.3 Å². The first kappa shape index (κ1) is 15.6. The van der Waals surface area contributed by atoms with Crippen molar-refractivity contribution < 1.29 is 23.1 Å². The number of nitrogens with one attached hydrogen (secondary N) is 1. The highest BCUT2D eigenvalue weighted by molar-refractivity contribution is 7.92. The number of carbonyl (C=O) groups excluding carboxylic acids is 1. The molecule has 0 aliphatic rings. The maximum absolute atomic E-state index is 11.5. The van der Waals surface area contributed by atoms with Gasteiger partial charge < -0.3 is 10.4 Å². The van der Waals surface area contributed by atoms with E-state index in [1.165, 1.54) is 19.2 Å². The number of carboxylic acids is 1. The van der Waals surface area contributed by atoms with Crippen LogP contribution in [0.5, 0.6) is 0 Å². The smallest absolute Gasteiger partial charge is 0.355 e. The first-order valence-electron chi connectivity index (χ1n) is 5.38. The fourth-order valence-corrected chi connectivity index (χ4v) is 2.57. The van der Waals surface area contributed by atoms with E-state index in [1.807, 2.05) is 0 Å². The van der Waals surface area contributed by atoms with Crippen molar-refractivity contribution in [3.05, 3.63) is 16.1 Å². The summed E-state index contributed by atoms with van der Waals surface area (Å²) in [5, 5.41) is 12.2. The van der Waals surface area contributed by atoms with Crippen LogP contribution in [-0.4, -0.2) is 41.4 Å². The number of rotatable bonds is 6. The number of nitrogens with zero attached hydrogens (tertiary/aromatic N) is 1. The summed E-state index contributed by atoms with van der Waals surface area (Å²) < 4.78 is 23.0. The summed E-state index contributed by atoms with van der Waals surface area (Å²) >= 11 is 1.09. The van der Waals surface area contributed by atoms with Gasteiger partial charge in [0.15, 0.2) is 15.5 Å². The van der Waals surface area contributed by atoms with Crippen LogP contribution in [0.3, 0.4) is 0 Å². The Morgan fingerprint density at radius 2 is 2.11 bits per heavy atom. The Hall–Kier alpha value is -1.48. The first-order valence-corrected chi connectivity index (χ1v) is 7.98. The SMILES string of the molecule is CC(C)S(=O)(=O)CC(=O)NCc1nc(C(=O)O)cs1. The molecule has 0 saturated carbocycles. The molecule has 0 radical (unpaired) electrons. The standard InChI is InChI=1S/C10H14N2O5S2/c1-6(2)19(16,17)5-8(13)11-3-9-12-7(4-18-9)10(14)15/h4,6H,3,5H2,1-2H3,(H,11,13)(H,14,15). The molecular formula is C10H14N2O5S2. The highest BCUT2D eigenvalue weighted by atomic mass is 32.2. The minimum Gasteiger partial charge on any atom is -0.476 e. The molecule has 0 aliphatic heterocycles. The fourth-order valence-electron chi connectivity index (χ4n) is 1.06. The van der Waals surface area contributed by atoms with E-state index in [4.69, 9.17) is 5.11 Å². The molecule has 1 rings (SSSR count). The third-order valence-electron chi connectivity index (χ3n) is 2.26. The lowest BCUT2D eigenvalue weighted by molar-refractivity contribution is -0.118. The van der Waals surface area contributed by atoms with Gasteiger partial charge in [-0.3, -0.25) is 4.79 Å². The second-order valence-electron chi connectivity index (χ2n) is 4.06. The number of thiazole rings is 1. The number of hydrogen-bond acceptors (Lipinski definition) is 6. The van der Waals surface area contributed by atoms with Gasteiger partial charge in [-0.25, -0.2) is 18.2 Å². The lowest BCUT2D eigenvalue weighted by Gasteiger charge is -2.07. The maximum atomic E-state index is 11.5. The average Bonchev–Trinajstić information content (AvgIpc) is 2.74. The van der Waals surface area contributed by atoms with Gasteiger partial charge in [0.25, 0.3) is 0 Å². The minimum absolute atomic E-state index is 0.0182. The summed E-state index contributed by atoms with van der Waals surface area (Å²) in [5.41, 5.74) is -0.0935. The number of hydrogen-bond donors (Lipinski definition) is 2. The number of amides is 1. The number of carbonyl (C=O) groups is 2. The topological polar surface area (TPSA) is 113 Å². The van der Waals surface area contributed by atoms with Crippen LogP contribution < -0.4 is 5.32 Å². The van der Waals surface area contributed by atoms with Gasteiger partial charge in [0.1, 0.15) is 10.8 Å². The van der Waals surface area contributed by atoms with E-state index >= 15 is 0 Å². The van der Waals surface area contributed by atoms with Crippen molar-refractivity contribution >= 4 is 33.1 Å². The molecule has 9 heteroatoms. The fraction of sp³-hybridized carbons (Fsp3) is 0.500. The van der Waals surface area contributed by atoms with Gasteiger partial charge >= 0.3 is 5.97 Å². The van der Waals surface area contributed by atoms with Gasteiger partial charge in [-0.1, -0.05) is 0 Å². The summed E-state index contributed by atoms with van der Waals surface area (Å²) in [7, 11) is -3.43. The van der Waals surface area contributed by atoms with Gasteiger partial charge in [-0.05, 0) is 13.8 Å². The summed E-state index contributed by atoms with van der Waals surface area (Å²) in [6.45, 7) is 3.02. The van der Waals surface area contributed by atoms with Crippen molar-refractivity contribution in [2.75, 3.05) is 5.75 Å². The zero-order valence-corrected chi connectivity index (χ0v) is 12.0. The maximum Gasteiger partial charge on any atom is 0.355 e. The molecule has 0 unspecified atom stereocenters. The lowest BCUT2D eigenvalue weighted by Crippen LogP contribution is -2.32. The zero-order valence-electron chi connectivity index (χ0n) is 10.4. The second kappa shape index (κ2) is 6.11. The molecule has 0 saturated heterocycles. The molecular weight excluding hydrogens is 292 g/mol. The Morgan fingerprint density at radius 3 is 2.58 bits per heavy atom. The predicted octanol–water partition coefficient (Wildman–Crippen LogP) is 0.281. The molecule has 1 heterocycles. The normalized spacial score (nSPS) is 11.5. The van der Waals surface area contributed by atoms with Crippen LogP contribution in [0.1, 0.15) is 29.3 Å². The van der Waals surface area contributed by atoms with Crippen molar-refractivity contribution in [2.24, 2.45) is 0 Å². The Bertz CT molecular complexity index is 576. The molecule has 0 aliphatic carbocycles. The average molecular weight is 306 g/mol. The highest BCUT2D eigenvalue weighted by Crippen LogP contribution is 2.09. The molecule has 1 aromatic rings. The van der Waals surface area contributed by atoms with Crippen LogP contribution in [0.25, 0.3) is 0 Å². The van der Waals surface area contributed by atoms with Crippen LogP contribution in [0, 0.1) is 0 Å². The Balaban J connectivity index is 2.53. The molecule has 19 heavy (non-hydrogen) atoms. The predicted molar refractivity (Wildman–Crippen MR) is 69.8 cm³/mol. The van der Waals surface area contributed by atoms with Gasteiger partial charge in [-0.15, -0.1) is 11.3 Å². The van der Waals surface area contributed by atoms with Crippen molar-refractivity contribution in [1.29, 1.82) is 0 Å². The molecule has 1 aromatic heterocycles.